The molecule has 1 aromatic heterocycles. The fourth-order valence-corrected chi connectivity index (χ4v) is 4.31. The largest absolute Gasteiger partial charge is 0.493 e. The molecule has 0 amide bonds. The number of rotatable bonds is 8. The minimum atomic E-state index is -3.28. The quantitative estimate of drug-likeness (QED) is 0.508. The van der Waals surface area contributed by atoms with E-state index in [2.05, 4.69) is 21.8 Å². The Hall–Kier alpha value is -3.00. The molecule has 0 spiro atoms. The summed E-state index contributed by atoms with van der Waals surface area (Å²) in [5.74, 6) is 1.13. The second-order valence-electron chi connectivity index (χ2n) is 8.16. The van der Waals surface area contributed by atoms with Gasteiger partial charge in [0, 0.05) is 49.3 Å². The van der Waals surface area contributed by atoms with E-state index in [-0.39, 0.29) is 4.90 Å². The maximum Gasteiger partial charge on any atom is 0.225 e. The molecule has 1 fully saturated rings. The standard InChI is InChI=1S/C24H26FN3O3S/c1-3-4-17-12-26-24(27-13-17)28-14-18(15-28)16-31-20-7-10-22(23(25)11-20)19-5-8-21(9-6-19)32(2,29)30/h5-13,18H,3-4,14-16H2,1-2H3. The molecule has 1 aliphatic heterocycles. The van der Waals surface area contributed by atoms with Gasteiger partial charge in [0.15, 0.2) is 9.84 Å². The van der Waals surface area contributed by atoms with E-state index >= 15 is 0 Å². The Morgan fingerprint density at radius 3 is 2.38 bits per heavy atom. The van der Waals surface area contributed by atoms with Gasteiger partial charge in [-0.1, -0.05) is 25.5 Å². The molecule has 0 saturated carbocycles. The van der Waals surface area contributed by atoms with Crippen LogP contribution in [0, 0.1) is 11.7 Å². The Morgan fingerprint density at radius 2 is 1.78 bits per heavy atom. The first kappa shape index (κ1) is 22.2. The first-order valence-electron chi connectivity index (χ1n) is 10.6. The zero-order valence-electron chi connectivity index (χ0n) is 18.2. The smallest absolute Gasteiger partial charge is 0.225 e. The molecule has 0 aliphatic carbocycles. The lowest BCUT2D eigenvalue weighted by molar-refractivity contribution is 0.219. The fraction of sp³-hybridized carbons (Fsp3) is 0.333. The first-order valence-corrected chi connectivity index (χ1v) is 12.5. The zero-order chi connectivity index (χ0) is 22.7. The maximum atomic E-state index is 14.6. The molecule has 1 aliphatic rings. The summed E-state index contributed by atoms with van der Waals surface area (Å²) in [7, 11) is -3.28. The van der Waals surface area contributed by atoms with Crippen LogP contribution in [-0.2, 0) is 16.3 Å². The molecule has 6 nitrogen and oxygen atoms in total. The van der Waals surface area contributed by atoms with Gasteiger partial charge in [0.2, 0.25) is 5.95 Å². The van der Waals surface area contributed by atoms with Crippen LogP contribution in [0.25, 0.3) is 11.1 Å². The van der Waals surface area contributed by atoms with Crippen molar-refractivity contribution in [2.45, 2.75) is 24.7 Å². The molecule has 3 aromatic rings. The van der Waals surface area contributed by atoms with E-state index in [4.69, 9.17) is 4.74 Å². The minimum absolute atomic E-state index is 0.207. The molecule has 4 rings (SSSR count). The third-order valence-electron chi connectivity index (χ3n) is 5.49. The van der Waals surface area contributed by atoms with Crippen LogP contribution in [0.3, 0.4) is 0 Å². The average molecular weight is 456 g/mol. The van der Waals surface area contributed by atoms with Crippen LogP contribution in [0.5, 0.6) is 5.75 Å². The van der Waals surface area contributed by atoms with Crippen LogP contribution in [0.4, 0.5) is 10.3 Å². The molecule has 168 valence electrons. The fourth-order valence-electron chi connectivity index (χ4n) is 3.68. The molecule has 0 N–H and O–H groups in total. The summed E-state index contributed by atoms with van der Waals surface area (Å²) in [5.41, 5.74) is 2.16. The lowest BCUT2D eigenvalue weighted by Crippen LogP contribution is -2.50. The summed E-state index contributed by atoms with van der Waals surface area (Å²) in [6.07, 6.45) is 6.97. The average Bonchev–Trinajstić information content (AvgIpc) is 2.73. The molecule has 2 aromatic carbocycles. The van der Waals surface area contributed by atoms with Crippen molar-refractivity contribution in [3.63, 3.8) is 0 Å². The second-order valence-corrected chi connectivity index (χ2v) is 10.2. The number of aryl methyl sites for hydroxylation is 1. The molecule has 2 heterocycles. The number of hydrogen-bond donors (Lipinski definition) is 0. The van der Waals surface area contributed by atoms with Gasteiger partial charge >= 0.3 is 0 Å². The van der Waals surface area contributed by atoms with Gasteiger partial charge < -0.3 is 9.64 Å². The molecular formula is C24H26FN3O3S. The van der Waals surface area contributed by atoms with Gasteiger partial charge in [-0.15, -0.1) is 0 Å². The van der Waals surface area contributed by atoms with Gasteiger partial charge in [0.05, 0.1) is 11.5 Å². The Kier molecular flexibility index (Phi) is 6.41. The maximum absolute atomic E-state index is 14.6. The Bertz CT molecular complexity index is 1180. The second kappa shape index (κ2) is 9.24. The molecule has 0 radical (unpaired) electrons. The number of ether oxygens (including phenoxy) is 1. The predicted molar refractivity (Wildman–Crippen MR) is 122 cm³/mol. The van der Waals surface area contributed by atoms with E-state index < -0.39 is 15.7 Å². The third-order valence-corrected chi connectivity index (χ3v) is 6.62. The van der Waals surface area contributed by atoms with Crippen molar-refractivity contribution < 1.29 is 17.5 Å². The molecule has 8 heteroatoms. The summed E-state index contributed by atoms with van der Waals surface area (Å²) in [5, 5.41) is 0. The SMILES string of the molecule is CCCc1cnc(N2CC(COc3ccc(-c4ccc(S(C)(=O)=O)cc4)c(F)c3)C2)nc1. The van der Waals surface area contributed by atoms with E-state index in [1.807, 2.05) is 12.4 Å². The lowest BCUT2D eigenvalue weighted by Gasteiger charge is -2.38. The van der Waals surface area contributed by atoms with Crippen molar-refractivity contribution in [3.05, 3.63) is 66.2 Å². The summed E-state index contributed by atoms with van der Waals surface area (Å²) >= 11 is 0. The monoisotopic (exact) mass is 455 g/mol. The molecule has 0 atom stereocenters. The first-order chi connectivity index (χ1) is 15.3. The van der Waals surface area contributed by atoms with Gasteiger partial charge in [0.1, 0.15) is 11.6 Å². The van der Waals surface area contributed by atoms with E-state index in [9.17, 15) is 12.8 Å². The Balaban J connectivity index is 1.31. The van der Waals surface area contributed by atoms with Crippen molar-refractivity contribution in [2.75, 3.05) is 30.9 Å². The summed E-state index contributed by atoms with van der Waals surface area (Å²) in [6, 6.07) is 10.9. The number of aromatic nitrogens is 2. The van der Waals surface area contributed by atoms with E-state index in [0.717, 1.165) is 43.7 Å². The number of nitrogens with zero attached hydrogens (tertiary/aromatic N) is 3. The van der Waals surface area contributed by atoms with Crippen LogP contribution in [0.1, 0.15) is 18.9 Å². The van der Waals surface area contributed by atoms with Gasteiger partial charge in [0.25, 0.3) is 0 Å². The molecular weight excluding hydrogens is 429 g/mol. The Morgan fingerprint density at radius 1 is 1.09 bits per heavy atom. The van der Waals surface area contributed by atoms with Gasteiger partial charge in [-0.2, -0.15) is 0 Å². The highest BCUT2D eigenvalue weighted by atomic mass is 32.2. The van der Waals surface area contributed by atoms with E-state index in [0.29, 0.717) is 29.4 Å². The highest BCUT2D eigenvalue weighted by Crippen LogP contribution is 2.28. The summed E-state index contributed by atoms with van der Waals surface area (Å²) in [4.78, 5) is 11.2. The van der Waals surface area contributed by atoms with E-state index in [1.54, 1.807) is 24.3 Å². The number of benzene rings is 2. The minimum Gasteiger partial charge on any atom is -0.493 e. The van der Waals surface area contributed by atoms with Crippen molar-refractivity contribution in [1.82, 2.24) is 9.97 Å². The molecule has 1 saturated heterocycles. The molecule has 0 bridgehead atoms. The van der Waals surface area contributed by atoms with Gasteiger partial charge in [-0.25, -0.2) is 22.8 Å². The highest BCUT2D eigenvalue weighted by molar-refractivity contribution is 7.90. The number of halogens is 1. The molecule has 0 unspecified atom stereocenters. The van der Waals surface area contributed by atoms with Crippen LogP contribution < -0.4 is 9.64 Å². The van der Waals surface area contributed by atoms with Gasteiger partial charge in [-0.05, 0) is 41.8 Å². The summed E-state index contributed by atoms with van der Waals surface area (Å²) < 4.78 is 43.6. The van der Waals surface area contributed by atoms with Crippen molar-refractivity contribution in [1.29, 1.82) is 0 Å². The number of hydrogen-bond acceptors (Lipinski definition) is 6. The van der Waals surface area contributed by atoms with Crippen molar-refractivity contribution in [3.8, 4) is 16.9 Å². The van der Waals surface area contributed by atoms with Gasteiger partial charge in [-0.3, -0.25) is 0 Å². The van der Waals surface area contributed by atoms with Crippen LogP contribution in [-0.4, -0.2) is 44.3 Å². The number of anilines is 1. The summed E-state index contributed by atoms with van der Waals surface area (Å²) in [6.45, 7) is 4.23. The topological polar surface area (TPSA) is 72.4 Å². The zero-order valence-corrected chi connectivity index (χ0v) is 19.0. The third kappa shape index (κ3) is 5.07. The van der Waals surface area contributed by atoms with Crippen LogP contribution in [0.15, 0.2) is 59.8 Å². The predicted octanol–water partition coefficient (Wildman–Crippen LogP) is 4.15. The molecule has 32 heavy (non-hydrogen) atoms. The highest BCUT2D eigenvalue weighted by Gasteiger charge is 2.29. The lowest BCUT2D eigenvalue weighted by atomic mass is 10.0. The van der Waals surface area contributed by atoms with Crippen molar-refractivity contribution in [2.24, 2.45) is 5.92 Å². The number of sulfone groups is 1. The Labute approximate surface area is 188 Å². The van der Waals surface area contributed by atoms with Crippen LogP contribution >= 0.6 is 0 Å². The van der Waals surface area contributed by atoms with Crippen molar-refractivity contribution >= 4 is 15.8 Å². The van der Waals surface area contributed by atoms with Crippen LogP contribution in [0.2, 0.25) is 0 Å². The normalized spacial score (nSPS) is 14.3. The van der Waals surface area contributed by atoms with E-state index in [1.165, 1.54) is 18.2 Å².